The van der Waals surface area contributed by atoms with Crippen molar-refractivity contribution in [3.63, 3.8) is 0 Å². The first-order valence-corrected chi connectivity index (χ1v) is 10.4. The number of nitrogens with zero attached hydrogens (tertiary/aromatic N) is 1. The Labute approximate surface area is 183 Å². The van der Waals surface area contributed by atoms with Gasteiger partial charge in [0.2, 0.25) is 5.91 Å². The highest BCUT2D eigenvalue weighted by molar-refractivity contribution is 8.26. The number of hydrogen-bond acceptors (Lipinski definition) is 7. The van der Waals surface area contributed by atoms with Gasteiger partial charge in [-0.2, -0.15) is 0 Å². The number of thioether (sulfide) groups is 1. The van der Waals surface area contributed by atoms with Crippen LogP contribution in [0.1, 0.15) is 18.9 Å². The number of rotatable bonds is 7. The molecule has 156 valence electrons. The molecule has 9 heteroatoms. The fourth-order valence-corrected chi connectivity index (χ4v) is 4.03. The predicted molar refractivity (Wildman–Crippen MR) is 121 cm³/mol. The van der Waals surface area contributed by atoms with E-state index in [1.807, 2.05) is 6.92 Å². The van der Waals surface area contributed by atoms with Crippen LogP contribution in [0.3, 0.4) is 0 Å². The molecule has 0 atom stereocenters. The molecule has 3 rings (SSSR count). The molecule has 0 bridgehead atoms. The van der Waals surface area contributed by atoms with Gasteiger partial charge in [0.05, 0.1) is 11.5 Å². The van der Waals surface area contributed by atoms with Crippen molar-refractivity contribution in [2.45, 2.75) is 13.3 Å². The van der Waals surface area contributed by atoms with Gasteiger partial charge in [0.25, 0.3) is 5.91 Å². The van der Waals surface area contributed by atoms with Crippen LogP contribution in [0.4, 0.5) is 5.69 Å². The summed E-state index contributed by atoms with van der Waals surface area (Å²) in [6, 6.07) is 11.1. The first kappa shape index (κ1) is 21.7. The second-order valence-electron chi connectivity index (χ2n) is 6.33. The Morgan fingerprint density at radius 1 is 1.23 bits per heavy atom. The normalized spacial score (nSPS) is 15.0. The summed E-state index contributed by atoms with van der Waals surface area (Å²) in [5, 5.41) is 22.0. The number of thiocarbonyl (C=S) groups is 1. The van der Waals surface area contributed by atoms with E-state index in [-0.39, 0.29) is 36.3 Å². The molecule has 2 amide bonds. The van der Waals surface area contributed by atoms with E-state index in [1.165, 1.54) is 29.2 Å². The number of phenols is 2. The van der Waals surface area contributed by atoms with Gasteiger partial charge in [0.15, 0.2) is 0 Å². The third-order valence-electron chi connectivity index (χ3n) is 4.19. The van der Waals surface area contributed by atoms with Crippen LogP contribution in [0.2, 0.25) is 0 Å². The first-order valence-electron chi connectivity index (χ1n) is 9.17. The van der Waals surface area contributed by atoms with Crippen LogP contribution in [0, 0.1) is 0 Å². The molecule has 2 aromatic rings. The fourth-order valence-electron chi connectivity index (χ4n) is 2.73. The van der Waals surface area contributed by atoms with Gasteiger partial charge >= 0.3 is 0 Å². The summed E-state index contributed by atoms with van der Waals surface area (Å²) in [5.74, 6) is -0.0648. The number of carbonyl (C=O) groups is 2. The number of ether oxygens (including phenoxy) is 1. The number of aromatic hydroxyl groups is 2. The van der Waals surface area contributed by atoms with Crippen molar-refractivity contribution in [1.29, 1.82) is 0 Å². The zero-order valence-corrected chi connectivity index (χ0v) is 17.8. The molecule has 1 fully saturated rings. The Kier molecular flexibility index (Phi) is 6.96. The predicted octanol–water partition coefficient (Wildman–Crippen LogP) is 3.73. The number of nitrogens with one attached hydrogen (secondary N) is 1. The van der Waals surface area contributed by atoms with Crippen LogP contribution in [-0.2, 0) is 9.59 Å². The standard InChI is InChI=1S/C21H20N2O5S2/c1-2-28-16-7-4-14(5-8-16)22-19(26)9-10-23-20(27)18(30-21(23)29)11-13-3-6-15(24)12-17(13)25/h3-8,11-12,24-25H,2,9-10H2,1H3,(H,22,26)/b18-11-. The molecule has 7 nitrogen and oxygen atoms in total. The third-order valence-corrected chi connectivity index (χ3v) is 5.56. The molecule has 0 unspecified atom stereocenters. The SMILES string of the molecule is CCOc1ccc(NC(=O)CCN2C(=O)/C(=C/c3ccc(O)cc3O)SC2=S)cc1. The molecular formula is C21H20N2O5S2. The number of benzene rings is 2. The summed E-state index contributed by atoms with van der Waals surface area (Å²) >= 11 is 6.37. The van der Waals surface area contributed by atoms with Crippen molar-refractivity contribution in [2.24, 2.45) is 0 Å². The lowest BCUT2D eigenvalue weighted by Crippen LogP contribution is -2.31. The molecule has 0 radical (unpaired) electrons. The fraction of sp³-hybridized carbons (Fsp3) is 0.190. The van der Waals surface area contributed by atoms with Gasteiger partial charge in [-0.25, -0.2) is 0 Å². The number of hydrogen-bond donors (Lipinski definition) is 3. The average Bonchev–Trinajstić information content (AvgIpc) is 2.97. The zero-order valence-electron chi connectivity index (χ0n) is 16.1. The second-order valence-corrected chi connectivity index (χ2v) is 8.01. The molecular weight excluding hydrogens is 424 g/mol. The van der Waals surface area contributed by atoms with Crippen LogP contribution < -0.4 is 10.1 Å². The molecule has 3 N–H and O–H groups in total. The maximum absolute atomic E-state index is 12.6. The topological polar surface area (TPSA) is 99.1 Å². The van der Waals surface area contributed by atoms with E-state index in [0.29, 0.717) is 27.1 Å². The summed E-state index contributed by atoms with van der Waals surface area (Å²) in [6.45, 7) is 2.61. The van der Waals surface area contributed by atoms with Crippen LogP contribution >= 0.6 is 24.0 Å². The van der Waals surface area contributed by atoms with E-state index in [9.17, 15) is 19.8 Å². The van der Waals surface area contributed by atoms with Crippen LogP contribution in [0.15, 0.2) is 47.4 Å². The maximum atomic E-state index is 12.6. The van der Waals surface area contributed by atoms with Crippen LogP contribution in [0.5, 0.6) is 17.2 Å². The molecule has 0 spiro atoms. The largest absolute Gasteiger partial charge is 0.508 e. The third kappa shape index (κ3) is 5.31. The molecule has 30 heavy (non-hydrogen) atoms. The van der Waals surface area contributed by atoms with Crippen molar-refractivity contribution < 1.29 is 24.5 Å². The van der Waals surface area contributed by atoms with E-state index in [0.717, 1.165) is 17.5 Å². The van der Waals surface area contributed by atoms with Gasteiger partial charge in [-0.15, -0.1) is 0 Å². The minimum Gasteiger partial charge on any atom is -0.508 e. The maximum Gasteiger partial charge on any atom is 0.266 e. The monoisotopic (exact) mass is 444 g/mol. The van der Waals surface area contributed by atoms with E-state index in [2.05, 4.69) is 5.32 Å². The quantitative estimate of drug-likeness (QED) is 0.442. The Morgan fingerprint density at radius 3 is 2.63 bits per heavy atom. The van der Waals surface area contributed by atoms with Crippen molar-refractivity contribution in [1.82, 2.24) is 4.90 Å². The summed E-state index contributed by atoms with van der Waals surface area (Å²) in [4.78, 5) is 26.6. The van der Waals surface area contributed by atoms with Gasteiger partial charge < -0.3 is 20.3 Å². The molecule has 2 aromatic carbocycles. The summed E-state index contributed by atoms with van der Waals surface area (Å²) in [7, 11) is 0. The molecule has 0 aromatic heterocycles. The second kappa shape index (κ2) is 9.64. The van der Waals surface area contributed by atoms with Crippen molar-refractivity contribution in [3.05, 3.63) is 52.9 Å². The van der Waals surface area contributed by atoms with Crippen LogP contribution in [0.25, 0.3) is 6.08 Å². The van der Waals surface area contributed by atoms with Gasteiger partial charge in [-0.05, 0) is 49.4 Å². The number of amides is 2. The average molecular weight is 445 g/mol. The molecule has 1 heterocycles. The minimum absolute atomic E-state index is 0.0734. The Hall–Kier alpha value is -3.04. The molecule has 0 aliphatic carbocycles. The van der Waals surface area contributed by atoms with E-state index < -0.39 is 0 Å². The lowest BCUT2D eigenvalue weighted by Gasteiger charge is -2.14. The van der Waals surface area contributed by atoms with Gasteiger partial charge in [0, 0.05) is 30.3 Å². The highest BCUT2D eigenvalue weighted by atomic mass is 32.2. The first-order chi connectivity index (χ1) is 14.4. The number of carbonyl (C=O) groups excluding carboxylic acids is 2. The van der Waals surface area contributed by atoms with E-state index in [4.69, 9.17) is 17.0 Å². The van der Waals surface area contributed by atoms with Crippen molar-refractivity contribution in [3.8, 4) is 17.2 Å². The van der Waals surface area contributed by atoms with E-state index in [1.54, 1.807) is 24.3 Å². The minimum atomic E-state index is -0.327. The summed E-state index contributed by atoms with van der Waals surface area (Å²) < 4.78 is 5.71. The smallest absolute Gasteiger partial charge is 0.266 e. The summed E-state index contributed by atoms with van der Waals surface area (Å²) in [5.41, 5.74) is 1.03. The van der Waals surface area contributed by atoms with Gasteiger partial charge in [-0.1, -0.05) is 24.0 Å². The van der Waals surface area contributed by atoms with Gasteiger partial charge in [-0.3, -0.25) is 14.5 Å². The highest BCUT2D eigenvalue weighted by Crippen LogP contribution is 2.34. The Bertz CT molecular complexity index is 1000. The highest BCUT2D eigenvalue weighted by Gasteiger charge is 2.32. The number of phenolic OH excluding ortho intramolecular Hbond substituents is 2. The Balaban J connectivity index is 1.58. The van der Waals surface area contributed by atoms with Crippen LogP contribution in [-0.4, -0.2) is 44.4 Å². The zero-order chi connectivity index (χ0) is 21.7. The lowest BCUT2D eigenvalue weighted by atomic mass is 10.1. The van der Waals surface area contributed by atoms with E-state index >= 15 is 0 Å². The number of anilines is 1. The van der Waals surface area contributed by atoms with Crippen molar-refractivity contribution in [2.75, 3.05) is 18.5 Å². The molecule has 1 aliphatic heterocycles. The van der Waals surface area contributed by atoms with Crippen molar-refractivity contribution >= 4 is 51.9 Å². The molecule has 0 saturated carbocycles. The summed E-state index contributed by atoms with van der Waals surface area (Å²) in [6.07, 6.45) is 1.59. The molecule has 1 aliphatic rings. The van der Waals surface area contributed by atoms with Gasteiger partial charge in [0.1, 0.15) is 21.6 Å². The molecule has 1 saturated heterocycles. The lowest BCUT2D eigenvalue weighted by molar-refractivity contribution is -0.122. The Morgan fingerprint density at radius 2 is 1.97 bits per heavy atom.